The molecule has 1 fully saturated rings. The van der Waals surface area contributed by atoms with Crippen LogP contribution in [-0.4, -0.2) is 58.9 Å². The zero-order valence-electron chi connectivity index (χ0n) is 14.7. The van der Waals surface area contributed by atoms with Crippen LogP contribution in [0, 0.1) is 5.92 Å². The molecule has 1 heterocycles. The van der Waals surface area contributed by atoms with Gasteiger partial charge in [0.25, 0.3) is 0 Å². The topological polar surface area (TPSA) is 72.8 Å². The lowest BCUT2D eigenvalue weighted by atomic mass is 10.0. The molecule has 24 heavy (non-hydrogen) atoms. The Balaban J connectivity index is 1.79. The van der Waals surface area contributed by atoms with Crippen LogP contribution in [0.25, 0.3) is 0 Å². The molecule has 0 bridgehead atoms. The average molecular weight is 334 g/mol. The molecule has 2 rings (SSSR count). The predicted octanol–water partition coefficient (Wildman–Crippen LogP) is 1.19. The van der Waals surface area contributed by atoms with E-state index >= 15 is 0 Å². The van der Waals surface area contributed by atoms with Gasteiger partial charge in [0.15, 0.2) is 0 Å². The van der Waals surface area contributed by atoms with Crippen LogP contribution >= 0.6 is 0 Å². The number of carbonyl (C=O) groups excluding carboxylic acids is 1. The van der Waals surface area contributed by atoms with Crippen molar-refractivity contribution in [2.75, 3.05) is 26.2 Å². The van der Waals surface area contributed by atoms with Crippen LogP contribution in [0.3, 0.4) is 0 Å². The second kappa shape index (κ2) is 8.60. The lowest BCUT2D eigenvalue weighted by Crippen LogP contribution is -2.50. The van der Waals surface area contributed by atoms with E-state index in [2.05, 4.69) is 19.2 Å². The van der Waals surface area contributed by atoms with Crippen LogP contribution in [0.5, 0.6) is 0 Å². The summed E-state index contributed by atoms with van der Waals surface area (Å²) in [6.07, 6.45) is 1.20. The van der Waals surface area contributed by atoms with Crippen molar-refractivity contribution in [3.8, 4) is 0 Å². The molecule has 1 aliphatic heterocycles. The highest BCUT2D eigenvalue weighted by atomic mass is 16.3. The van der Waals surface area contributed by atoms with E-state index in [1.807, 2.05) is 30.3 Å². The number of carbonyl (C=O) groups is 1. The first kappa shape index (κ1) is 18.9. The first-order valence-electron chi connectivity index (χ1n) is 8.83. The Labute approximate surface area is 144 Å². The molecule has 1 saturated heterocycles. The van der Waals surface area contributed by atoms with Crippen molar-refractivity contribution in [2.24, 2.45) is 5.92 Å². The van der Waals surface area contributed by atoms with Gasteiger partial charge < -0.3 is 20.4 Å². The van der Waals surface area contributed by atoms with Gasteiger partial charge in [0.2, 0.25) is 5.91 Å². The average Bonchev–Trinajstić information content (AvgIpc) is 2.86. The molecular weight excluding hydrogens is 304 g/mol. The summed E-state index contributed by atoms with van der Waals surface area (Å²) >= 11 is 0. The number of β-amino-alcohol motifs (C(OH)–C–C–N with tert-alkyl or cyclic N) is 2. The summed E-state index contributed by atoms with van der Waals surface area (Å²) < 4.78 is 0. The number of nitrogens with one attached hydrogen (secondary N) is 1. The number of aryl methyl sites for hydroxylation is 1. The standard InChI is InChI=1S/C19H30N2O3/c1-15(2)10-11-20-13-19(24)14-21(12-17(19)22)18(23)9-8-16-6-4-3-5-7-16/h3-7,15,17,20,22,24H,8-14H2,1-2H3/t17-,19+/m1/s1. The lowest BCUT2D eigenvalue weighted by Gasteiger charge is -2.26. The van der Waals surface area contributed by atoms with Crippen LogP contribution in [-0.2, 0) is 11.2 Å². The number of aliphatic hydroxyl groups excluding tert-OH is 1. The molecule has 0 aliphatic carbocycles. The van der Waals surface area contributed by atoms with Crippen molar-refractivity contribution < 1.29 is 15.0 Å². The van der Waals surface area contributed by atoms with Gasteiger partial charge in [-0.3, -0.25) is 4.79 Å². The first-order chi connectivity index (χ1) is 11.4. The third-order valence-corrected chi connectivity index (χ3v) is 4.63. The van der Waals surface area contributed by atoms with Gasteiger partial charge in [0, 0.05) is 19.5 Å². The van der Waals surface area contributed by atoms with Crippen LogP contribution in [0.15, 0.2) is 30.3 Å². The molecule has 1 aliphatic rings. The number of benzene rings is 1. The molecule has 0 unspecified atom stereocenters. The van der Waals surface area contributed by atoms with E-state index in [-0.39, 0.29) is 19.0 Å². The number of hydrogen-bond acceptors (Lipinski definition) is 4. The maximum Gasteiger partial charge on any atom is 0.223 e. The molecule has 5 heteroatoms. The molecule has 3 N–H and O–H groups in total. The molecule has 0 saturated carbocycles. The Morgan fingerprint density at radius 3 is 2.75 bits per heavy atom. The fourth-order valence-electron chi connectivity index (χ4n) is 2.99. The number of rotatable bonds is 8. The van der Waals surface area contributed by atoms with E-state index in [1.54, 1.807) is 4.90 Å². The summed E-state index contributed by atoms with van der Waals surface area (Å²) in [6, 6.07) is 9.87. The second-order valence-electron chi connectivity index (χ2n) is 7.24. The molecule has 0 spiro atoms. The minimum Gasteiger partial charge on any atom is -0.388 e. The maximum atomic E-state index is 12.4. The van der Waals surface area contributed by atoms with E-state index in [9.17, 15) is 15.0 Å². The third kappa shape index (κ3) is 5.30. The molecule has 1 aromatic carbocycles. The van der Waals surface area contributed by atoms with Gasteiger partial charge in [-0.05, 0) is 30.9 Å². The molecule has 2 atom stereocenters. The van der Waals surface area contributed by atoms with Gasteiger partial charge in [-0.25, -0.2) is 0 Å². The summed E-state index contributed by atoms with van der Waals surface area (Å²) in [4.78, 5) is 13.9. The van der Waals surface area contributed by atoms with Crippen LogP contribution in [0.2, 0.25) is 0 Å². The fourth-order valence-corrected chi connectivity index (χ4v) is 2.99. The lowest BCUT2D eigenvalue weighted by molar-refractivity contribution is -0.131. The Hall–Kier alpha value is -1.43. The van der Waals surface area contributed by atoms with Crippen molar-refractivity contribution >= 4 is 5.91 Å². The summed E-state index contributed by atoms with van der Waals surface area (Å²) in [6.45, 7) is 5.80. The van der Waals surface area contributed by atoms with E-state index in [0.717, 1.165) is 18.5 Å². The molecule has 1 aromatic rings. The zero-order chi connectivity index (χ0) is 17.6. The quantitative estimate of drug-likeness (QED) is 0.625. The van der Waals surface area contributed by atoms with Gasteiger partial charge in [-0.2, -0.15) is 0 Å². The van der Waals surface area contributed by atoms with Gasteiger partial charge in [-0.1, -0.05) is 44.2 Å². The summed E-state index contributed by atoms with van der Waals surface area (Å²) in [5.41, 5.74) is -0.129. The van der Waals surface area contributed by atoms with Crippen LogP contribution in [0.1, 0.15) is 32.3 Å². The molecule has 5 nitrogen and oxygen atoms in total. The van der Waals surface area contributed by atoms with Crippen LogP contribution < -0.4 is 5.32 Å². The van der Waals surface area contributed by atoms with Crippen LogP contribution in [0.4, 0.5) is 0 Å². The Morgan fingerprint density at radius 1 is 1.38 bits per heavy atom. The minimum absolute atomic E-state index is 0.0176. The van der Waals surface area contributed by atoms with E-state index in [4.69, 9.17) is 0 Å². The zero-order valence-corrected chi connectivity index (χ0v) is 14.7. The largest absolute Gasteiger partial charge is 0.388 e. The second-order valence-corrected chi connectivity index (χ2v) is 7.24. The Kier molecular flexibility index (Phi) is 6.78. The van der Waals surface area contributed by atoms with Gasteiger partial charge in [0.1, 0.15) is 11.7 Å². The number of nitrogens with zero attached hydrogens (tertiary/aromatic N) is 1. The molecule has 1 amide bonds. The highest BCUT2D eigenvalue weighted by molar-refractivity contribution is 5.77. The highest BCUT2D eigenvalue weighted by Crippen LogP contribution is 2.22. The van der Waals surface area contributed by atoms with E-state index in [0.29, 0.717) is 25.3 Å². The van der Waals surface area contributed by atoms with Gasteiger partial charge in [-0.15, -0.1) is 0 Å². The van der Waals surface area contributed by atoms with E-state index < -0.39 is 11.7 Å². The smallest absolute Gasteiger partial charge is 0.223 e. The van der Waals surface area contributed by atoms with Crippen molar-refractivity contribution in [1.29, 1.82) is 0 Å². The number of hydrogen-bond donors (Lipinski definition) is 3. The molecule has 0 radical (unpaired) electrons. The normalized spacial score (nSPS) is 23.9. The van der Waals surface area contributed by atoms with Crippen molar-refractivity contribution in [2.45, 2.75) is 44.8 Å². The fraction of sp³-hybridized carbons (Fsp3) is 0.632. The van der Waals surface area contributed by atoms with Crippen molar-refractivity contribution in [3.63, 3.8) is 0 Å². The minimum atomic E-state index is -1.25. The maximum absolute atomic E-state index is 12.4. The highest BCUT2D eigenvalue weighted by Gasteiger charge is 2.45. The van der Waals surface area contributed by atoms with Crippen molar-refractivity contribution in [1.82, 2.24) is 10.2 Å². The molecule has 134 valence electrons. The molecule has 0 aromatic heterocycles. The molecular formula is C19H30N2O3. The Morgan fingerprint density at radius 2 is 2.08 bits per heavy atom. The Bertz CT molecular complexity index is 521. The monoisotopic (exact) mass is 334 g/mol. The SMILES string of the molecule is CC(C)CCNC[C@]1(O)CN(C(=O)CCc2ccccc2)C[C@H]1O. The number of likely N-dealkylation sites (tertiary alicyclic amines) is 1. The number of amides is 1. The van der Waals surface area contributed by atoms with Gasteiger partial charge in [0.05, 0.1) is 6.54 Å². The van der Waals surface area contributed by atoms with Crippen molar-refractivity contribution in [3.05, 3.63) is 35.9 Å². The van der Waals surface area contributed by atoms with Gasteiger partial charge >= 0.3 is 0 Å². The third-order valence-electron chi connectivity index (χ3n) is 4.63. The van der Waals surface area contributed by atoms with E-state index in [1.165, 1.54) is 0 Å². The first-order valence-corrected chi connectivity index (χ1v) is 8.83. The summed E-state index contributed by atoms with van der Waals surface area (Å²) in [5, 5.41) is 24.0. The number of aliphatic hydroxyl groups is 2. The summed E-state index contributed by atoms with van der Waals surface area (Å²) in [7, 11) is 0. The predicted molar refractivity (Wildman–Crippen MR) is 94.6 cm³/mol. The summed E-state index contributed by atoms with van der Waals surface area (Å²) in [5.74, 6) is 0.577.